The van der Waals surface area contributed by atoms with E-state index >= 15 is 0 Å². The van der Waals surface area contributed by atoms with Crippen molar-refractivity contribution in [2.75, 3.05) is 0 Å². The summed E-state index contributed by atoms with van der Waals surface area (Å²) < 4.78 is 7.36. The minimum Gasteiger partial charge on any atom is -0.454 e. The number of aryl methyl sites for hydroxylation is 2. The summed E-state index contributed by atoms with van der Waals surface area (Å²) >= 11 is 0. The third-order valence-electron chi connectivity index (χ3n) is 2.45. The van der Waals surface area contributed by atoms with Crippen LogP contribution in [0.4, 0.5) is 0 Å². The van der Waals surface area contributed by atoms with Crippen molar-refractivity contribution in [3.8, 4) is 11.5 Å². The lowest BCUT2D eigenvalue weighted by Crippen LogP contribution is -1.98. The summed E-state index contributed by atoms with van der Waals surface area (Å²) in [5, 5.41) is 4.04. The van der Waals surface area contributed by atoms with Crippen molar-refractivity contribution >= 4 is 0 Å². The molecule has 0 aliphatic rings. The van der Waals surface area contributed by atoms with Crippen LogP contribution in [0.25, 0.3) is 0 Å². The molecule has 0 atom stereocenters. The molecule has 0 amide bonds. The van der Waals surface area contributed by atoms with Crippen molar-refractivity contribution in [3.05, 3.63) is 41.7 Å². The molecule has 0 spiro atoms. The van der Waals surface area contributed by atoms with Crippen LogP contribution < -0.4 is 10.5 Å². The average molecular weight is 217 g/mol. The molecule has 1 aromatic carbocycles. The van der Waals surface area contributed by atoms with Crippen LogP contribution in [0.2, 0.25) is 0 Å². The van der Waals surface area contributed by atoms with Crippen LogP contribution in [0.1, 0.15) is 11.1 Å². The fourth-order valence-electron chi connectivity index (χ4n) is 1.55. The van der Waals surface area contributed by atoms with Gasteiger partial charge in [-0.1, -0.05) is 6.07 Å². The number of benzene rings is 1. The summed E-state index contributed by atoms with van der Waals surface area (Å²) in [7, 11) is 1.86. The van der Waals surface area contributed by atoms with Crippen molar-refractivity contribution in [3.63, 3.8) is 0 Å². The van der Waals surface area contributed by atoms with Gasteiger partial charge in [-0.2, -0.15) is 5.10 Å². The molecule has 84 valence electrons. The predicted molar refractivity (Wildman–Crippen MR) is 62.4 cm³/mol. The molecule has 1 aromatic heterocycles. The van der Waals surface area contributed by atoms with E-state index in [4.69, 9.17) is 10.5 Å². The average Bonchev–Trinajstić information content (AvgIpc) is 2.64. The van der Waals surface area contributed by atoms with E-state index in [9.17, 15) is 0 Å². The van der Waals surface area contributed by atoms with Gasteiger partial charge < -0.3 is 10.5 Å². The van der Waals surface area contributed by atoms with Gasteiger partial charge in [0.25, 0.3) is 0 Å². The lowest BCUT2D eigenvalue weighted by molar-refractivity contribution is 0.481. The summed E-state index contributed by atoms with van der Waals surface area (Å²) in [5.74, 6) is 1.55. The second kappa shape index (κ2) is 4.37. The maximum absolute atomic E-state index is 5.66. The summed E-state index contributed by atoms with van der Waals surface area (Å²) in [6.45, 7) is 2.58. The number of hydrogen-bond donors (Lipinski definition) is 1. The quantitative estimate of drug-likeness (QED) is 0.855. The Hall–Kier alpha value is -1.81. The van der Waals surface area contributed by atoms with Gasteiger partial charge in [0.05, 0.1) is 12.4 Å². The Morgan fingerprint density at radius 1 is 1.38 bits per heavy atom. The smallest absolute Gasteiger partial charge is 0.165 e. The number of aromatic nitrogens is 2. The highest BCUT2D eigenvalue weighted by Gasteiger charge is 2.02. The first-order valence-electron chi connectivity index (χ1n) is 5.15. The second-order valence-electron chi connectivity index (χ2n) is 3.74. The summed E-state index contributed by atoms with van der Waals surface area (Å²) in [6, 6.07) is 5.89. The largest absolute Gasteiger partial charge is 0.454 e. The lowest BCUT2D eigenvalue weighted by Gasteiger charge is -2.06. The Kier molecular flexibility index (Phi) is 2.92. The molecule has 0 radical (unpaired) electrons. The summed E-state index contributed by atoms with van der Waals surface area (Å²) in [4.78, 5) is 0. The van der Waals surface area contributed by atoms with Gasteiger partial charge in [0.2, 0.25) is 0 Å². The second-order valence-corrected chi connectivity index (χ2v) is 3.74. The Balaban J connectivity index is 2.19. The molecule has 0 aliphatic carbocycles. The van der Waals surface area contributed by atoms with E-state index in [0.717, 1.165) is 22.6 Å². The third kappa shape index (κ3) is 2.23. The third-order valence-corrected chi connectivity index (χ3v) is 2.45. The van der Waals surface area contributed by atoms with E-state index in [1.165, 1.54) is 0 Å². The Morgan fingerprint density at radius 3 is 2.75 bits per heavy atom. The van der Waals surface area contributed by atoms with Gasteiger partial charge in [-0.05, 0) is 30.2 Å². The Labute approximate surface area is 94.6 Å². The number of ether oxygens (including phenoxy) is 1. The molecule has 0 saturated carbocycles. The zero-order valence-electron chi connectivity index (χ0n) is 9.47. The number of rotatable bonds is 3. The highest BCUT2D eigenvalue weighted by molar-refractivity contribution is 5.36. The van der Waals surface area contributed by atoms with Crippen molar-refractivity contribution in [2.45, 2.75) is 13.5 Å². The standard InChI is InChI=1S/C12H15N3O/c1-9-5-11(4-3-10(9)6-13)16-12-7-14-15(2)8-12/h3-5,7-8H,6,13H2,1-2H3. The molecule has 2 aromatic rings. The van der Waals surface area contributed by atoms with Crippen LogP contribution in [0.15, 0.2) is 30.6 Å². The normalized spacial score (nSPS) is 10.4. The first-order valence-corrected chi connectivity index (χ1v) is 5.15. The zero-order chi connectivity index (χ0) is 11.5. The van der Waals surface area contributed by atoms with Crippen LogP contribution in [0.5, 0.6) is 11.5 Å². The molecule has 0 saturated heterocycles. The molecule has 2 rings (SSSR count). The molecule has 16 heavy (non-hydrogen) atoms. The molecule has 1 heterocycles. The van der Waals surface area contributed by atoms with E-state index in [1.54, 1.807) is 10.9 Å². The van der Waals surface area contributed by atoms with E-state index in [2.05, 4.69) is 5.10 Å². The van der Waals surface area contributed by atoms with Crippen molar-refractivity contribution in [1.29, 1.82) is 0 Å². The first-order chi connectivity index (χ1) is 7.69. The van der Waals surface area contributed by atoms with Crippen LogP contribution in [0, 0.1) is 6.92 Å². The highest BCUT2D eigenvalue weighted by atomic mass is 16.5. The van der Waals surface area contributed by atoms with Crippen LogP contribution in [-0.4, -0.2) is 9.78 Å². The molecule has 0 fully saturated rings. The monoisotopic (exact) mass is 217 g/mol. The Morgan fingerprint density at radius 2 is 2.19 bits per heavy atom. The maximum Gasteiger partial charge on any atom is 0.165 e. The molecular weight excluding hydrogens is 202 g/mol. The van der Waals surface area contributed by atoms with Gasteiger partial charge in [-0.3, -0.25) is 4.68 Å². The molecule has 0 unspecified atom stereocenters. The van der Waals surface area contributed by atoms with Crippen molar-refractivity contribution in [2.24, 2.45) is 12.8 Å². The molecule has 2 N–H and O–H groups in total. The number of hydrogen-bond acceptors (Lipinski definition) is 3. The fraction of sp³-hybridized carbons (Fsp3) is 0.250. The topological polar surface area (TPSA) is 53.1 Å². The molecular formula is C12H15N3O. The van der Waals surface area contributed by atoms with Gasteiger partial charge in [-0.15, -0.1) is 0 Å². The van der Waals surface area contributed by atoms with Gasteiger partial charge in [0.1, 0.15) is 5.75 Å². The molecule has 4 heteroatoms. The van der Waals surface area contributed by atoms with Crippen LogP contribution >= 0.6 is 0 Å². The molecule has 0 bridgehead atoms. The zero-order valence-corrected chi connectivity index (χ0v) is 9.47. The van der Waals surface area contributed by atoms with Crippen molar-refractivity contribution < 1.29 is 4.74 Å². The van der Waals surface area contributed by atoms with E-state index in [-0.39, 0.29) is 0 Å². The van der Waals surface area contributed by atoms with Gasteiger partial charge in [0, 0.05) is 13.6 Å². The SMILES string of the molecule is Cc1cc(Oc2cnn(C)c2)ccc1CN. The van der Waals surface area contributed by atoms with Crippen molar-refractivity contribution in [1.82, 2.24) is 9.78 Å². The summed E-state index contributed by atoms with van der Waals surface area (Å²) in [6.07, 6.45) is 3.51. The Bertz CT molecular complexity index is 491. The highest BCUT2D eigenvalue weighted by Crippen LogP contribution is 2.22. The maximum atomic E-state index is 5.66. The van der Waals surface area contributed by atoms with E-state index in [0.29, 0.717) is 6.54 Å². The fourth-order valence-corrected chi connectivity index (χ4v) is 1.55. The van der Waals surface area contributed by atoms with Crippen LogP contribution in [0.3, 0.4) is 0 Å². The first kappa shape index (κ1) is 10.7. The summed E-state index contributed by atoms with van der Waals surface area (Å²) in [5.41, 5.74) is 7.88. The molecule has 0 aliphatic heterocycles. The van der Waals surface area contributed by atoms with E-state index in [1.807, 2.05) is 38.4 Å². The lowest BCUT2D eigenvalue weighted by atomic mass is 10.1. The number of nitrogens with two attached hydrogens (primary N) is 1. The van der Waals surface area contributed by atoms with Gasteiger partial charge in [-0.25, -0.2) is 0 Å². The van der Waals surface area contributed by atoms with Gasteiger partial charge >= 0.3 is 0 Å². The molecule has 4 nitrogen and oxygen atoms in total. The van der Waals surface area contributed by atoms with Gasteiger partial charge in [0.15, 0.2) is 5.75 Å². The van der Waals surface area contributed by atoms with E-state index < -0.39 is 0 Å². The minimum absolute atomic E-state index is 0.555. The number of nitrogens with zero attached hydrogens (tertiary/aromatic N) is 2. The minimum atomic E-state index is 0.555. The predicted octanol–water partition coefficient (Wildman–Crippen LogP) is 1.98. The van der Waals surface area contributed by atoms with Crippen LogP contribution in [-0.2, 0) is 13.6 Å².